The molecule has 1 amide bonds. The molecule has 8 heteroatoms. The molecule has 164 valence electrons. The number of carbonyl (C=O) groups excluding carboxylic acids is 1. The van der Waals surface area contributed by atoms with E-state index >= 15 is 0 Å². The Morgan fingerprint density at radius 3 is 2.38 bits per heavy atom. The van der Waals surface area contributed by atoms with E-state index in [0.717, 1.165) is 48.8 Å². The third-order valence-corrected chi connectivity index (χ3v) is 4.29. The van der Waals surface area contributed by atoms with Crippen LogP contribution in [0.4, 0.5) is 0 Å². The second-order valence-corrected chi connectivity index (χ2v) is 6.65. The van der Waals surface area contributed by atoms with E-state index in [1.165, 1.54) is 0 Å². The quantitative estimate of drug-likeness (QED) is 0.172. The predicted molar refractivity (Wildman–Crippen MR) is 128 cm³/mol. The normalized spacial score (nSPS) is 13.3. The first-order chi connectivity index (χ1) is 13.7. The van der Waals surface area contributed by atoms with Gasteiger partial charge in [0.25, 0.3) is 0 Å². The molecule has 0 radical (unpaired) electrons. The van der Waals surface area contributed by atoms with Gasteiger partial charge in [-0.25, -0.2) is 0 Å². The third-order valence-electron chi connectivity index (χ3n) is 4.29. The number of halogens is 1. The minimum atomic E-state index is 0. The summed E-state index contributed by atoms with van der Waals surface area (Å²) in [4.78, 5) is 16.3. The Hall–Kier alpha value is -1.71. The number of hydrogen-bond acceptors (Lipinski definition) is 4. The van der Waals surface area contributed by atoms with Gasteiger partial charge >= 0.3 is 0 Å². The van der Waals surface area contributed by atoms with Crippen molar-refractivity contribution in [2.24, 2.45) is 10.9 Å². The van der Waals surface area contributed by atoms with Crippen molar-refractivity contribution in [2.45, 2.75) is 40.0 Å². The van der Waals surface area contributed by atoms with Gasteiger partial charge < -0.3 is 25.4 Å². The highest BCUT2D eigenvalue weighted by molar-refractivity contribution is 14.0. The van der Waals surface area contributed by atoms with Crippen LogP contribution in [0.5, 0.6) is 11.5 Å². The van der Waals surface area contributed by atoms with Gasteiger partial charge in [0.2, 0.25) is 5.91 Å². The fourth-order valence-electron chi connectivity index (χ4n) is 2.75. The van der Waals surface area contributed by atoms with Crippen LogP contribution >= 0.6 is 24.0 Å². The Labute approximate surface area is 191 Å². The van der Waals surface area contributed by atoms with Gasteiger partial charge in [0.15, 0.2) is 17.5 Å². The van der Waals surface area contributed by atoms with E-state index in [-0.39, 0.29) is 35.8 Å². The van der Waals surface area contributed by atoms with Crippen molar-refractivity contribution in [1.29, 1.82) is 0 Å². The number of nitrogens with one attached hydrogen (secondary N) is 3. The number of guanidine groups is 1. The van der Waals surface area contributed by atoms with Crippen molar-refractivity contribution in [1.82, 2.24) is 16.0 Å². The summed E-state index contributed by atoms with van der Waals surface area (Å²) < 4.78 is 11.3. The number of carbonyl (C=O) groups is 1. The van der Waals surface area contributed by atoms with Crippen molar-refractivity contribution in [3.63, 3.8) is 0 Å². The predicted octanol–water partition coefficient (Wildman–Crippen LogP) is 2.73. The van der Waals surface area contributed by atoms with Gasteiger partial charge in [0.05, 0.1) is 13.2 Å². The Bertz CT molecular complexity index is 651. The number of aliphatic imine (C=N–C) groups is 1. The topological polar surface area (TPSA) is 84.0 Å². The van der Waals surface area contributed by atoms with Crippen LogP contribution in [0.3, 0.4) is 0 Å². The SMILES string of the molecule is CCNC(=NCCc1ccc(OCC)c(OCC)c1)NCCNC(=O)C1CC1.I. The number of ether oxygens (including phenoxy) is 2. The molecule has 0 saturated heterocycles. The van der Waals surface area contributed by atoms with Crippen LogP contribution < -0.4 is 25.4 Å². The summed E-state index contributed by atoms with van der Waals surface area (Å²) in [5.74, 6) is 2.74. The van der Waals surface area contributed by atoms with E-state index < -0.39 is 0 Å². The average molecular weight is 518 g/mol. The lowest BCUT2D eigenvalue weighted by atomic mass is 10.1. The number of rotatable bonds is 12. The highest BCUT2D eigenvalue weighted by atomic mass is 127. The summed E-state index contributed by atoms with van der Waals surface area (Å²) in [7, 11) is 0. The van der Waals surface area contributed by atoms with E-state index in [9.17, 15) is 4.79 Å². The highest BCUT2D eigenvalue weighted by Crippen LogP contribution is 2.29. The highest BCUT2D eigenvalue weighted by Gasteiger charge is 2.28. The Morgan fingerprint density at radius 2 is 1.72 bits per heavy atom. The van der Waals surface area contributed by atoms with E-state index in [2.05, 4.69) is 27.0 Å². The summed E-state index contributed by atoms with van der Waals surface area (Å²) in [6.07, 6.45) is 2.86. The summed E-state index contributed by atoms with van der Waals surface area (Å²) in [5.41, 5.74) is 1.16. The minimum absolute atomic E-state index is 0. The monoisotopic (exact) mass is 518 g/mol. The number of amides is 1. The molecular formula is C21H35IN4O3. The maximum absolute atomic E-state index is 11.6. The minimum Gasteiger partial charge on any atom is -0.490 e. The number of benzene rings is 1. The zero-order chi connectivity index (χ0) is 20.2. The molecular weight excluding hydrogens is 483 g/mol. The lowest BCUT2D eigenvalue weighted by molar-refractivity contribution is -0.122. The first-order valence-electron chi connectivity index (χ1n) is 10.4. The van der Waals surface area contributed by atoms with Gasteiger partial charge in [-0.15, -0.1) is 24.0 Å². The van der Waals surface area contributed by atoms with Crippen molar-refractivity contribution < 1.29 is 14.3 Å². The van der Waals surface area contributed by atoms with Crippen molar-refractivity contribution >= 4 is 35.8 Å². The van der Waals surface area contributed by atoms with Gasteiger partial charge in [-0.2, -0.15) is 0 Å². The van der Waals surface area contributed by atoms with Crippen LogP contribution in [-0.2, 0) is 11.2 Å². The lowest BCUT2D eigenvalue weighted by Crippen LogP contribution is -2.41. The molecule has 1 aliphatic carbocycles. The molecule has 7 nitrogen and oxygen atoms in total. The second kappa shape index (κ2) is 14.3. The summed E-state index contributed by atoms with van der Waals surface area (Å²) in [5, 5.41) is 9.44. The molecule has 1 saturated carbocycles. The first-order valence-corrected chi connectivity index (χ1v) is 10.4. The maximum Gasteiger partial charge on any atom is 0.223 e. The van der Waals surface area contributed by atoms with Gasteiger partial charge in [-0.05, 0) is 57.7 Å². The van der Waals surface area contributed by atoms with Gasteiger partial charge in [-0.3, -0.25) is 9.79 Å². The summed E-state index contributed by atoms with van der Waals surface area (Å²) in [6.45, 7) is 9.89. The third kappa shape index (κ3) is 9.56. The second-order valence-electron chi connectivity index (χ2n) is 6.65. The Balaban J connectivity index is 0.00000420. The fraction of sp³-hybridized carbons (Fsp3) is 0.619. The zero-order valence-corrected chi connectivity index (χ0v) is 20.1. The number of hydrogen-bond donors (Lipinski definition) is 3. The summed E-state index contributed by atoms with van der Waals surface area (Å²) >= 11 is 0. The van der Waals surface area contributed by atoms with E-state index in [4.69, 9.17) is 9.47 Å². The maximum atomic E-state index is 11.6. The van der Waals surface area contributed by atoms with Gasteiger partial charge in [-0.1, -0.05) is 6.07 Å². The molecule has 1 aliphatic rings. The molecule has 0 aromatic heterocycles. The van der Waals surface area contributed by atoms with Crippen molar-refractivity contribution in [3.8, 4) is 11.5 Å². The van der Waals surface area contributed by atoms with Crippen LogP contribution in [0, 0.1) is 5.92 Å². The van der Waals surface area contributed by atoms with E-state index in [1.54, 1.807) is 0 Å². The molecule has 0 unspecified atom stereocenters. The molecule has 0 bridgehead atoms. The fourth-order valence-corrected chi connectivity index (χ4v) is 2.75. The molecule has 0 heterocycles. The molecule has 29 heavy (non-hydrogen) atoms. The van der Waals surface area contributed by atoms with Crippen LogP contribution in [-0.4, -0.2) is 51.3 Å². The smallest absolute Gasteiger partial charge is 0.223 e. The molecule has 0 aliphatic heterocycles. The van der Waals surface area contributed by atoms with E-state index in [0.29, 0.717) is 32.8 Å². The Kier molecular flexibility index (Phi) is 12.5. The standard InChI is InChI=1S/C21H34N4O3.HI/c1-4-22-21(25-14-13-23-20(26)17-8-9-17)24-12-11-16-7-10-18(27-5-2)19(15-16)28-6-3;/h7,10,15,17H,4-6,8-9,11-14H2,1-3H3,(H,23,26)(H2,22,24,25);1H. The molecule has 0 spiro atoms. The average Bonchev–Trinajstić information content (AvgIpc) is 3.52. The van der Waals surface area contributed by atoms with E-state index in [1.807, 2.05) is 32.9 Å². The van der Waals surface area contributed by atoms with Crippen LogP contribution in [0.1, 0.15) is 39.2 Å². The molecule has 1 fully saturated rings. The van der Waals surface area contributed by atoms with Crippen molar-refractivity contribution in [3.05, 3.63) is 23.8 Å². The van der Waals surface area contributed by atoms with Crippen LogP contribution in [0.25, 0.3) is 0 Å². The Morgan fingerprint density at radius 1 is 1.03 bits per heavy atom. The van der Waals surface area contributed by atoms with Crippen LogP contribution in [0.15, 0.2) is 23.2 Å². The van der Waals surface area contributed by atoms with Crippen LogP contribution in [0.2, 0.25) is 0 Å². The van der Waals surface area contributed by atoms with Gasteiger partial charge in [0.1, 0.15) is 0 Å². The largest absolute Gasteiger partial charge is 0.490 e. The molecule has 1 aromatic carbocycles. The molecule has 0 atom stereocenters. The number of nitrogens with zero attached hydrogens (tertiary/aromatic N) is 1. The molecule has 3 N–H and O–H groups in total. The molecule has 2 rings (SSSR count). The molecule has 1 aromatic rings. The zero-order valence-electron chi connectivity index (χ0n) is 17.8. The first kappa shape index (κ1) is 25.3. The van der Waals surface area contributed by atoms with Crippen molar-refractivity contribution in [2.75, 3.05) is 39.4 Å². The van der Waals surface area contributed by atoms with Gasteiger partial charge in [0, 0.05) is 32.1 Å². The summed E-state index contributed by atoms with van der Waals surface area (Å²) in [6, 6.07) is 6.04. The lowest BCUT2D eigenvalue weighted by Gasteiger charge is -2.13.